The number of nitrogens with one attached hydrogen (secondary N) is 1. The summed E-state index contributed by atoms with van der Waals surface area (Å²) < 4.78 is 1.17. The second-order valence-corrected chi connectivity index (χ2v) is 5.27. The summed E-state index contributed by atoms with van der Waals surface area (Å²) in [7, 11) is 1.90. The van der Waals surface area contributed by atoms with Crippen LogP contribution in [0.3, 0.4) is 0 Å². The zero-order chi connectivity index (χ0) is 12.5. The van der Waals surface area contributed by atoms with E-state index >= 15 is 0 Å². The van der Waals surface area contributed by atoms with Gasteiger partial charge >= 0.3 is 0 Å². The summed E-state index contributed by atoms with van der Waals surface area (Å²) in [6.07, 6.45) is 1.83. The maximum absolute atomic E-state index is 6.29. The predicted octanol–water partition coefficient (Wildman–Crippen LogP) is 4.66. The van der Waals surface area contributed by atoms with E-state index < -0.39 is 0 Å². The molecule has 0 saturated heterocycles. The fourth-order valence-electron chi connectivity index (χ4n) is 1.95. The highest BCUT2D eigenvalue weighted by atomic mass is 35.5. The third kappa shape index (κ3) is 1.85. The molecule has 1 N–H and O–H groups in total. The van der Waals surface area contributed by atoms with Crippen molar-refractivity contribution in [1.29, 1.82) is 0 Å². The molecule has 2 aromatic heterocycles. The minimum atomic E-state index is 0.724. The molecule has 2 nitrogen and oxygen atoms in total. The molecule has 0 aliphatic carbocycles. The summed E-state index contributed by atoms with van der Waals surface area (Å²) in [5.41, 5.74) is 2.95. The molecule has 3 aromatic rings. The SMILES string of the molecule is CNc1ccc(Cl)c(-c2nccc3ccsc23)c1. The van der Waals surface area contributed by atoms with Gasteiger partial charge in [0.25, 0.3) is 0 Å². The highest BCUT2D eigenvalue weighted by Gasteiger charge is 2.10. The molecule has 0 spiro atoms. The average Bonchev–Trinajstić information content (AvgIpc) is 2.87. The van der Waals surface area contributed by atoms with Gasteiger partial charge in [0.2, 0.25) is 0 Å². The van der Waals surface area contributed by atoms with E-state index in [-0.39, 0.29) is 0 Å². The first kappa shape index (κ1) is 11.5. The Morgan fingerprint density at radius 3 is 2.94 bits per heavy atom. The lowest BCUT2D eigenvalue weighted by Crippen LogP contribution is -1.90. The van der Waals surface area contributed by atoms with Crippen molar-refractivity contribution in [2.45, 2.75) is 0 Å². The molecule has 0 bridgehead atoms. The number of halogens is 1. The van der Waals surface area contributed by atoms with E-state index in [1.165, 1.54) is 10.1 Å². The Kier molecular flexibility index (Phi) is 2.94. The van der Waals surface area contributed by atoms with Crippen LogP contribution < -0.4 is 5.32 Å². The van der Waals surface area contributed by atoms with Gasteiger partial charge in [0.05, 0.1) is 15.4 Å². The van der Waals surface area contributed by atoms with E-state index in [2.05, 4.69) is 21.7 Å². The number of hydrogen-bond acceptors (Lipinski definition) is 3. The Balaban J connectivity index is 2.28. The fraction of sp³-hybridized carbons (Fsp3) is 0.0714. The van der Waals surface area contributed by atoms with Crippen LogP contribution in [0.1, 0.15) is 0 Å². The van der Waals surface area contributed by atoms with Gasteiger partial charge < -0.3 is 5.32 Å². The molecule has 2 heterocycles. The molecule has 0 amide bonds. The molecule has 4 heteroatoms. The summed E-state index contributed by atoms with van der Waals surface area (Å²) in [6, 6.07) is 10.0. The number of rotatable bonds is 2. The normalized spacial score (nSPS) is 10.8. The van der Waals surface area contributed by atoms with Crippen LogP contribution in [0.2, 0.25) is 5.02 Å². The van der Waals surface area contributed by atoms with E-state index in [0.717, 1.165) is 22.0 Å². The van der Waals surface area contributed by atoms with Crippen LogP contribution in [0, 0.1) is 0 Å². The number of anilines is 1. The highest BCUT2D eigenvalue weighted by molar-refractivity contribution is 7.17. The van der Waals surface area contributed by atoms with E-state index in [1.54, 1.807) is 11.3 Å². The lowest BCUT2D eigenvalue weighted by molar-refractivity contribution is 1.36. The van der Waals surface area contributed by atoms with E-state index in [0.29, 0.717) is 0 Å². The van der Waals surface area contributed by atoms with Crippen LogP contribution in [0.15, 0.2) is 41.9 Å². The van der Waals surface area contributed by atoms with Gasteiger partial charge in [-0.25, -0.2) is 0 Å². The second-order valence-electron chi connectivity index (χ2n) is 3.94. The summed E-state index contributed by atoms with van der Waals surface area (Å²) in [5, 5.41) is 7.13. The Morgan fingerprint density at radius 1 is 1.22 bits per heavy atom. The van der Waals surface area contributed by atoms with Crippen molar-refractivity contribution in [1.82, 2.24) is 4.98 Å². The van der Waals surface area contributed by atoms with Crippen LogP contribution in [-0.4, -0.2) is 12.0 Å². The molecule has 18 heavy (non-hydrogen) atoms. The molecule has 0 radical (unpaired) electrons. The summed E-state index contributed by atoms with van der Waals surface area (Å²) >= 11 is 7.98. The van der Waals surface area contributed by atoms with Gasteiger partial charge in [0.1, 0.15) is 0 Å². The van der Waals surface area contributed by atoms with Crippen molar-refractivity contribution in [2.75, 3.05) is 12.4 Å². The number of thiophene rings is 1. The van der Waals surface area contributed by atoms with Crippen molar-refractivity contribution in [3.63, 3.8) is 0 Å². The van der Waals surface area contributed by atoms with Crippen molar-refractivity contribution in [3.8, 4) is 11.3 Å². The van der Waals surface area contributed by atoms with Crippen molar-refractivity contribution < 1.29 is 0 Å². The zero-order valence-electron chi connectivity index (χ0n) is 9.77. The zero-order valence-corrected chi connectivity index (χ0v) is 11.3. The van der Waals surface area contributed by atoms with Crippen molar-refractivity contribution >= 4 is 38.7 Å². The standard InChI is InChI=1S/C14H11ClN2S/c1-16-10-2-3-12(15)11(8-10)13-14-9(4-6-17-13)5-7-18-14/h2-8,16H,1H3. The monoisotopic (exact) mass is 274 g/mol. The molecule has 0 saturated carbocycles. The molecule has 3 rings (SSSR count). The second kappa shape index (κ2) is 4.59. The van der Waals surface area contributed by atoms with Crippen LogP contribution in [0.4, 0.5) is 5.69 Å². The third-order valence-electron chi connectivity index (χ3n) is 2.88. The molecule has 1 aromatic carbocycles. The molecule has 0 aliphatic heterocycles. The fourth-order valence-corrected chi connectivity index (χ4v) is 3.05. The van der Waals surface area contributed by atoms with E-state index in [9.17, 15) is 0 Å². The Labute approximate surface area is 114 Å². The molecule has 90 valence electrons. The average molecular weight is 275 g/mol. The molecule has 0 fully saturated rings. The largest absolute Gasteiger partial charge is 0.388 e. The van der Waals surface area contributed by atoms with Crippen LogP contribution in [0.5, 0.6) is 0 Å². The molecule has 0 atom stereocenters. The first-order chi connectivity index (χ1) is 8.79. The van der Waals surface area contributed by atoms with E-state index in [1.807, 2.05) is 37.5 Å². The van der Waals surface area contributed by atoms with Crippen LogP contribution in [-0.2, 0) is 0 Å². The van der Waals surface area contributed by atoms with Gasteiger partial charge in [-0.2, -0.15) is 0 Å². The maximum Gasteiger partial charge on any atom is 0.0895 e. The Hall–Kier alpha value is -1.58. The highest BCUT2D eigenvalue weighted by Crippen LogP contribution is 2.35. The summed E-state index contributed by atoms with van der Waals surface area (Å²) in [6.45, 7) is 0. The quantitative estimate of drug-likeness (QED) is 0.735. The third-order valence-corrected chi connectivity index (χ3v) is 4.15. The van der Waals surface area contributed by atoms with Gasteiger partial charge in [-0.15, -0.1) is 11.3 Å². The lowest BCUT2D eigenvalue weighted by Gasteiger charge is -2.08. The minimum absolute atomic E-state index is 0.724. The van der Waals surface area contributed by atoms with Gasteiger partial charge in [0.15, 0.2) is 0 Å². The predicted molar refractivity (Wildman–Crippen MR) is 79.6 cm³/mol. The van der Waals surface area contributed by atoms with Crippen molar-refractivity contribution in [2.24, 2.45) is 0 Å². The molecule has 0 aliphatic rings. The number of hydrogen-bond donors (Lipinski definition) is 1. The smallest absolute Gasteiger partial charge is 0.0895 e. The van der Waals surface area contributed by atoms with Gasteiger partial charge in [0, 0.05) is 24.5 Å². The summed E-state index contributed by atoms with van der Waals surface area (Å²) in [4.78, 5) is 4.48. The Bertz CT molecular complexity index is 706. The first-order valence-electron chi connectivity index (χ1n) is 5.59. The van der Waals surface area contributed by atoms with E-state index in [4.69, 9.17) is 11.6 Å². The topological polar surface area (TPSA) is 24.9 Å². The Morgan fingerprint density at radius 2 is 2.11 bits per heavy atom. The van der Waals surface area contributed by atoms with Crippen LogP contribution in [0.25, 0.3) is 21.3 Å². The first-order valence-corrected chi connectivity index (χ1v) is 6.85. The van der Waals surface area contributed by atoms with Crippen molar-refractivity contribution in [3.05, 3.63) is 46.9 Å². The molecule has 0 unspecified atom stereocenters. The maximum atomic E-state index is 6.29. The summed E-state index contributed by atoms with van der Waals surface area (Å²) in [5.74, 6) is 0. The molecular weight excluding hydrogens is 264 g/mol. The number of aromatic nitrogens is 1. The number of benzene rings is 1. The number of fused-ring (bicyclic) bond motifs is 1. The molecular formula is C14H11ClN2S. The van der Waals surface area contributed by atoms with Crippen LogP contribution >= 0.6 is 22.9 Å². The van der Waals surface area contributed by atoms with Gasteiger partial charge in [-0.1, -0.05) is 11.6 Å². The minimum Gasteiger partial charge on any atom is -0.388 e. The van der Waals surface area contributed by atoms with Gasteiger partial charge in [-0.3, -0.25) is 4.98 Å². The lowest BCUT2D eigenvalue weighted by atomic mass is 10.1. The number of nitrogens with zero attached hydrogens (tertiary/aromatic N) is 1. The van der Waals surface area contributed by atoms with Gasteiger partial charge in [-0.05, 0) is 41.1 Å². The number of pyridine rings is 1.